The van der Waals surface area contributed by atoms with Crippen LogP contribution >= 0.6 is 0 Å². The number of anilines is 2. The van der Waals surface area contributed by atoms with Gasteiger partial charge in [-0.3, -0.25) is 4.79 Å². The fourth-order valence-corrected chi connectivity index (χ4v) is 3.68. The third-order valence-electron chi connectivity index (χ3n) is 5.34. The van der Waals surface area contributed by atoms with E-state index in [1.807, 2.05) is 13.1 Å². The lowest BCUT2D eigenvalue weighted by Gasteiger charge is -2.33. The molecule has 2 aliphatic heterocycles. The van der Waals surface area contributed by atoms with Crippen molar-refractivity contribution in [2.75, 3.05) is 63.6 Å². The SMILES string of the molecule is CNc1nccc(N2CCC(CC(=O)N3CCCN(C)CC3)CC2)n1. The highest BCUT2D eigenvalue weighted by Gasteiger charge is 2.25. The second-order valence-corrected chi connectivity index (χ2v) is 7.16. The largest absolute Gasteiger partial charge is 0.357 e. The smallest absolute Gasteiger partial charge is 0.224 e. The van der Waals surface area contributed by atoms with Gasteiger partial charge in [-0.15, -0.1) is 0 Å². The summed E-state index contributed by atoms with van der Waals surface area (Å²) in [5, 5.41) is 2.98. The van der Waals surface area contributed by atoms with Crippen LogP contribution in [0, 0.1) is 5.92 Å². The molecular weight excluding hydrogens is 316 g/mol. The maximum absolute atomic E-state index is 12.6. The zero-order valence-corrected chi connectivity index (χ0v) is 15.4. The van der Waals surface area contributed by atoms with Crippen molar-refractivity contribution in [3.63, 3.8) is 0 Å². The lowest BCUT2D eigenvalue weighted by atomic mass is 9.93. The molecule has 7 heteroatoms. The molecule has 1 amide bonds. The van der Waals surface area contributed by atoms with Crippen LogP contribution in [0.4, 0.5) is 11.8 Å². The van der Waals surface area contributed by atoms with Crippen molar-refractivity contribution in [2.24, 2.45) is 5.92 Å². The highest BCUT2D eigenvalue weighted by Crippen LogP contribution is 2.25. The molecule has 0 spiro atoms. The summed E-state index contributed by atoms with van der Waals surface area (Å²) in [5.74, 6) is 2.46. The fraction of sp³-hybridized carbons (Fsp3) is 0.722. The monoisotopic (exact) mass is 346 g/mol. The quantitative estimate of drug-likeness (QED) is 0.886. The predicted molar refractivity (Wildman–Crippen MR) is 99.8 cm³/mol. The van der Waals surface area contributed by atoms with E-state index >= 15 is 0 Å². The van der Waals surface area contributed by atoms with Gasteiger partial charge in [-0.1, -0.05) is 0 Å². The Morgan fingerprint density at radius 2 is 2.00 bits per heavy atom. The summed E-state index contributed by atoms with van der Waals surface area (Å²) in [5.41, 5.74) is 0. The Labute approximate surface area is 150 Å². The summed E-state index contributed by atoms with van der Waals surface area (Å²) in [7, 11) is 3.97. The highest BCUT2D eigenvalue weighted by atomic mass is 16.2. The van der Waals surface area contributed by atoms with Gasteiger partial charge < -0.3 is 20.0 Å². The van der Waals surface area contributed by atoms with E-state index in [1.54, 1.807) is 6.20 Å². The van der Waals surface area contributed by atoms with E-state index in [-0.39, 0.29) is 0 Å². The average molecular weight is 346 g/mol. The van der Waals surface area contributed by atoms with Gasteiger partial charge in [0.25, 0.3) is 0 Å². The number of piperidine rings is 1. The molecule has 2 fully saturated rings. The maximum Gasteiger partial charge on any atom is 0.224 e. The van der Waals surface area contributed by atoms with E-state index in [4.69, 9.17) is 0 Å². The molecule has 2 saturated heterocycles. The number of aromatic nitrogens is 2. The predicted octanol–water partition coefficient (Wildman–Crippen LogP) is 1.29. The van der Waals surface area contributed by atoms with Gasteiger partial charge >= 0.3 is 0 Å². The van der Waals surface area contributed by atoms with E-state index in [0.717, 1.165) is 64.3 Å². The Balaban J connectivity index is 1.48. The Morgan fingerprint density at radius 3 is 2.76 bits per heavy atom. The van der Waals surface area contributed by atoms with Gasteiger partial charge in [0.05, 0.1) is 0 Å². The van der Waals surface area contributed by atoms with Crippen molar-refractivity contribution in [2.45, 2.75) is 25.7 Å². The lowest BCUT2D eigenvalue weighted by Crippen LogP contribution is -2.39. The molecule has 0 aliphatic carbocycles. The number of hydrogen-bond acceptors (Lipinski definition) is 6. The molecule has 1 aromatic heterocycles. The van der Waals surface area contributed by atoms with E-state index < -0.39 is 0 Å². The number of carbonyl (C=O) groups excluding carboxylic acids is 1. The van der Waals surface area contributed by atoms with Crippen LogP contribution in [0.2, 0.25) is 0 Å². The van der Waals surface area contributed by atoms with E-state index in [9.17, 15) is 4.79 Å². The molecule has 138 valence electrons. The Morgan fingerprint density at radius 1 is 1.20 bits per heavy atom. The van der Waals surface area contributed by atoms with E-state index in [0.29, 0.717) is 24.2 Å². The van der Waals surface area contributed by atoms with Crippen molar-refractivity contribution >= 4 is 17.7 Å². The van der Waals surface area contributed by atoms with E-state index in [1.165, 1.54) is 0 Å². The van der Waals surface area contributed by atoms with Gasteiger partial charge in [-0.25, -0.2) is 4.98 Å². The molecular formula is C18H30N6O. The summed E-state index contributed by atoms with van der Waals surface area (Å²) in [6, 6.07) is 1.96. The highest BCUT2D eigenvalue weighted by molar-refractivity contribution is 5.76. The molecule has 0 saturated carbocycles. The summed E-state index contributed by atoms with van der Waals surface area (Å²) in [4.78, 5) is 28.0. The van der Waals surface area contributed by atoms with Crippen molar-refractivity contribution in [1.29, 1.82) is 0 Å². The molecule has 7 nitrogen and oxygen atoms in total. The number of nitrogens with one attached hydrogen (secondary N) is 1. The summed E-state index contributed by atoms with van der Waals surface area (Å²) >= 11 is 0. The molecule has 25 heavy (non-hydrogen) atoms. The van der Waals surface area contributed by atoms with Crippen LogP contribution in [0.15, 0.2) is 12.3 Å². The van der Waals surface area contributed by atoms with Crippen LogP contribution in [-0.2, 0) is 4.79 Å². The number of nitrogens with zero attached hydrogens (tertiary/aromatic N) is 5. The average Bonchev–Trinajstić information content (AvgIpc) is 2.87. The summed E-state index contributed by atoms with van der Waals surface area (Å²) in [6.45, 7) is 5.79. The molecule has 2 aliphatic rings. The zero-order chi connectivity index (χ0) is 17.6. The molecule has 0 bridgehead atoms. The Hall–Kier alpha value is -1.89. The molecule has 0 radical (unpaired) electrons. The van der Waals surface area contributed by atoms with Gasteiger partial charge in [0.2, 0.25) is 11.9 Å². The van der Waals surface area contributed by atoms with Crippen LogP contribution in [-0.4, -0.2) is 79.0 Å². The molecule has 0 unspecified atom stereocenters. The Kier molecular flexibility index (Phi) is 6.07. The first-order valence-electron chi connectivity index (χ1n) is 9.38. The van der Waals surface area contributed by atoms with Crippen molar-refractivity contribution < 1.29 is 4.79 Å². The molecule has 0 aromatic carbocycles. The minimum atomic E-state index is 0.341. The third-order valence-corrected chi connectivity index (χ3v) is 5.34. The van der Waals surface area contributed by atoms with Gasteiger partial charge in [0, 0.05) is 52.4 Å². The molecule has 1 aromatic rings. The minimum absolute atomic E-state index is 0.341. The second-order valence-electron chi connectivity index (χ2n) is 7.16. The number of amides is 1. The summed E-state index contributed by atoms with van der Waals surface area (Å²) in [6.07, 6.45) is 5.68. The topological polar surface area (TPSA) is 64.6 Å². The third kappa shape index (κ3) is 4.81. The second kappa shape index (κ2) is 8.47. The van der Waals surface area contributed by atoms with Crippen LogP contribution in [0.5, 0.6) is 0 Å². The van der Waals surface area contributed by atoms with Crippen molar-refractivity contribution in [3.8, 4) is 0 Å². The van der Waals surface area contributed by atoms with E-state index in [2.05, 4.69) is 37.0 Å². The Bertz CT molecular complexity index is 572. The van der Waals surface area contributed by atoms with Crippen molar-refractivity contribution in [1.82, 2.24) is 19.8 Å². The maximum atomic E-state index is 12.6. The standard InChI is InChI=1S/C18H30N6O/c1-19-18-20-7-4-16(21-18)23-10-5-15(6-11-23)14-17(25)24-9-3-8-22(2)12-13-24/h4,7,15H,3,5-6,8-14H2,1-2H3,(H,19,20,21). The number of carbonyl (C=O) groups is 1. The van der Waals surface area contributed by atoms with Gasteiger partial charge in [0.1, 0.15) is 5.82 Å². The first-order chi connectivity index (χ1) is 12.2. The zero-order valence-electron chi connectivity index (χ0n) is 15.4. The van der Waals surface area contributed by atoms with Crippen LogP contribution < -0.4 is 10.2 Å². The number of likely N-dealkylation sites (N-methyl/N-ethyl adjacent to an activating group) is 1. The fourth-order valence-electron chi connectivity index (χ4n) is 3.68. The first-order valence-corrected chi connectivity index (χ1v) is 9.38. The van der Waals surface area contributed by atoms with Crippen molar-refractivity contribution in [3.05, 3.63) is 12.3 Å². The van der Waals surface area contributed by atoms with Crippen LogP contribution in [0.25, 0.3) is 0 Å². The lowest BCUT2D eigenvalue weighted by molar-refractivity contribution is -0.132. The van der Waals surface area contributed by atoms with Gasteiger partial charge in [0.15, 0.2) is 0 Å². The summed E-state index contributed by atoms with van der Waals surface area (Å²) < 4.78 is 0. The van der Waals surface area contributed by atoms with Crippen LogP contribution in [0.1, 0.15) is 25.7 Å². The minimum Gasteiger partial charge on any atom is -0.357 e. The van der Waals surface area contributed by atoms with Gasteiger partial charge in [-0.05, 0) is 44.8 Å². The number of hydrogen-bond donors (Lipinski definition) is 1. The first kappa shape index (κ1) is 17.9. The normalized spacial score (nSPS) is 20.4. The molecule has 1 N–H and O–H groups in total. The number of rotatable bonds is 4. The molecule has 0 atom stereocenters. The van der Waals surface area contributed by atoms with Crippen LogP contribution in [0.3, 0.4) is 0 Å². The molecule has 3 heterocycles. The molecule has 3 rings (SSSR count). The van der Waals surface area contributed by atoms with Gasteiger partial charge in [-0.2, -0.15) is 4.98 Å².